The molecule has 0 spiro atoms. The number of urea groups is 1. The Morgan fingerprint density at radius 3 is 2.23 bits per heavy atom. The van der Waals surface area contributed by atoms with Gasteiger partial charge in [-0.3, -0.25) is 0 Å². The molecule has 1 rings (SSSR count). The van der Waals surface area contributed by atoms with Crippen molar-refractivity contribution in [2.75, 3.05) is 6.54 Å². The minimum Gasteiger partial charge on any atom is -0.352 e. The van der Waals surface area contributed by atoms with Gasteiger partial charge in [-0.05, 0) is 18.8 Å². The molecule has 0 unspecified atom stereocenters. The third kappa shape index (κ3) is 4.76. The van der Waals surface area contributed by atoms with E-state index in [0.29, 0.717) is 5.92 Å². The second-order valence-electron chi connectivity index (χ2n) is 3.96. The monoisotopic (exact) mass is 184 g/mol. The molecule has 0 atom stereocenters. The van der Waals surface area contributed by atoms with E-state index in [1.165, 1.54) is 44.9 Å². The zero-order valence-corrected chi connectivity index (χ0v) is 8.22. The molecule has 76 valence electrons. The molecule has 0 aromatic rings. The molecular formula is C10H20N2O. The maximum absolute atomic E-state index is 10.5. The summed E-state index contributed by atoms with van der Waals surface area (Å²) in [6, 6.07) is -0.387. The van der Waals surface area contributed by atoms with Gasteiger partial charge in [0.25, 0.3) is 0 Å². The minimum absolute atomic E-state index is 0.387. The van der Waals surface area contributed by atoms with Crippen molar-refractivity contribution < 1.29 is 4.79 Å². The third-order valence-corrected chi connectivity index (χ3v) is 2.79. The molecular weight excluding hydrogens is 164 g/mol. The van der Waals surface area contributed by atoms with E-state index >= 15 is 0 Å². The highest BCUT2D eigenvalue weighted by Gasteiger charge is 2.11. The number of hydrogen-bond donors (Lipinski definition) is 2. The number of amides is 2. The van der Waals surface area contributed by atoms with Crippen LogP contribution in [0.3, 0.4) is 0 Å². The van der Waals surface area contributed by atoms with Crippen molar-refractivity contribution >= 4 is 6.03 Å². The number of carbonyl (C=O) groups excluding carboxylic acids is 1. The standard InChI is InChI=1S/C10H20N2O/c11-10(13)12-8-9-6-4-2-1-3-5-7-9/h9H,1-8H2,(H3,11,12,13). The van der Waals surface area contributed by atoms with Crippen molar-refractivity contribution in [2.24, 2.45) is 11.7 Å². The summed E-state index contributed by atoms with van der Waals surface area (Å²) in [4.78, 5) is 10.5. The highest BCUT2D eigenvalue weighted by Crippen LogP contribution is 2.21. The van der Waals surface area contributed by atoms with Crippen LogP contribution in [0.25, 0.3) is 0 Å². The van der Waals surface area contributed by atoms with Crippen molar-refractivity contribution in [3.8, 4) is 0 Å². The van der Waals surface area contributed by atoms with E-state index in [2.05, 4.69) is 5.32 Å². The summed E-state index contributed by atoms with van der Waals surface area (Å²) < 4.78 is 0. The summed E-state index contributed by atoms with van der Waals surface area (Å²) in [6.45, 7) is 0.773. The van der Waals surface area contributed by atoms with E-state index in [-0.39, 0.29) is 6.03 Å². The van der Waals surface area contributed by atoms with Crippen LogP contribution in [0.2, 0.25) is 0 Å². The Kier molecular flexibility index (Phi) is 4.65. The number of rotatable bonds is 2. The number of carbonyl (C=O) groups is 1. The molecule has 1 fully saturated rings. The lowest BCUT2D eigenvalue weighted by molar-refractivity contribution is 0.245. The molecule has 1 aliphatic carbocycles. The predicted octanol–water partition coefficient (Wildman–Crippen LogP) is 2.02. The van der Waals surface area contributed by atoms with Crippen molar-refractivity contribution in [1.29, 1.82) is 0 Å². The first kappa shape index (κ1) is 10.4. The fraction of sp³-hybridized carbons (Fsp3) is 0.900. The van der Waals surface area contributed by atoms with Crippen LogP contribution in [0, 0.1) is 5.92 Å². The van der Waals surface area contributed by atoms with Crippen molar-refractivity contribution in [1.82, 2.24) is 5.32 Å². The van der Waals surface area contributed by atoms with Crippen LogP contribution >= 0.6 is 0 Å². The van der Waals surface area contributed by atoms with Crippen LogP contribution in [0.1, 0.15) is 44.9 Å². The zero-order chi connectivity index (χ0) is 9.52. The molecule has 0 aromatic carbocycles. The van der Waals surface area contributed by atoms with Gasteiger partial charge in [0, 0.05) is 6.54 Å². The van der Waals surface area contributed by atoms with Gasteiger partial charge in [0.05, 0.1) is 0 Å². The molecule has 0 saturated heterocycles. The Morgan fingerprint density at radius 1 is 1.15 bits per heavy atom. The quantitative estimate of drug-likeness (QED) is 0.677. The van der Waals surface area contributed by atoms with Gasteiger partial charge in [-0.25, -0.2) is 4.79 Å². The first-order valence-corrected chi connectivity index (χ1v) is 5.32. The van der Waals surface area contributed by atoms with E-state index in [9.17, 15) is 4.79 Å². The average Bonchev–Trinajstić information content (AvgIpc) is 2.01. The average molecular weight is 184 g/mol. The van der Waals surface area contributed by atoms with Crippen LogP contribution < -0.4 is 11.1 Å². The first-order valence-electron chi connectivity index (χ1n) is 5.32. The number of hydrogen-bond acceptors (Lipinski definition) is 1. The van der Waals surface area contributed by atoms with Crippen molar-refractivity contribution in [3.63, 3.8) is 0 Å². The van der Waals surface area contributed by atoms with Gasteiger partial charge in [0.1, 0.15) is 0 Å². The lowest BCUT2D eigenvalue weighted by Gasteiger charge is -2.19. The number of nitrogens with one attached hydrogen (secondary N) is 1. The number of primary amides is 1. The Hall–Kier alpha value is -0.730. The van der Waals surface area contributed by atoms with Crippen LogP contribution in [0.5, 0.6) is 0 Å². The summed E-state index contributed by atoms with van der Waals surface area (Å²) in [5.41, 5.74) is 5.03. The van der Waals surface area contributed by atoms with Gasteiger partial charge in [-0.15, -0.1) is 0 Å². The Balaban J connectivity index is 2.17. The van der Waals surface area contributed by atoms with E-state index in [1.807, 2.05) is 0 Å². The number of nitrogens with two attached hydrogens (primary N) is 1. The second-order valence-corrected chi connectivity index (χ2v) is 3.96. The van der Waals surface area contributed by atoms with Gasteiger partial charge in [-0.1, -0.05) is 32.1 Å². The lowest BCUT2D eigenvalue weighted by Crippen LogP contribution is -2.33. The largest absolute Gasteiger partial charge is 0.352 e. The van der Waals surface area contributed by atoms with Crippen LogP contribution in [-0.4, -0.2) is 12.6 Å². The SMILES string of the molecule is NC(=O)NCC1CCCCCCC1. The van der Waals surface area contributed by atoms with Gasteiger partial charge in [0.15, 0.2) is 0 Å². The molecule has 3 N–H and O–H groups in total. The molecule has 0 radical (unpaired) electrons. The maximum Gasteiger partial charge on any atom is 0.312 e. The van der Waals surface area contributed by atoms with E-state index in [1.54, 1.807) is 0 Å². The highest BCUT2D eigenvalue weighted by molar-refractivity contribution is 5.71. The molecule has 2 amide bonds. The molecule has 1 saturated carbocycles. The third-order valence-electron chi connectivity index (χ3n) is 2.79. The predicted molar refractivity (Wildman–Crippen MR) is 53.4 cm³/mol. The Labute approximate surface area is 80.1 Å². The molecule has 0 heterocycles. The van der Waals surface area contributed by atoms with Gasteiger partial charge in [0.2, 0.25) is 0 Å². The van der Waals surface area contributed by atoms with Crippen LogP contribution in [0.4, 0.5) is 4.79 Å². The summed E-state index contributed by atoms with van der Waals surface area (Å²) in [6.07, 6.45) is 9.22. The molecule has 3 nitrogen and oxygen atoms in total. The van der Waals surface area contributed by atoms with E-state index in [4.69, 9.17) is 5.73 Å². The zero-order valence-electron chi connectivity index (χ0n) is 8.22. The first-order chi connectivity index (χ1) is 6.29. The molecule has 0 aliphatic heterocycles. The molecule has 3 heteroatoms. The molecule has 1 aliphatic rings. The second kappa shape index (κ2) is 5.84. The van der Waals surface area contributed by atoms with E-state index < -0.39 is 0 Å². The van der Waals surface area contributed by atoms with Gasteiger partial charge in [-0.2, -0.15) is 0 Å². The Bertz CT molecular complexity index is 151. The normalized spacial score (nSPS) is 20.3. The van der Waals surface area contributed by atoms with Crippen LogP contribution in [0.15, 0.2) is 0 Å². The summed E-state index contributed by atoms with van der Waals surface area (Å²) in [5.74, 6) is 0.660. The smallest absolute Gasteiger partial charge is 0.312 e. The highest BCUT2D eigenvalue weighted by atomic mass is 16.2. The minimum atomic E-state index is -0.387. The fourth-order valence-electron chi connectivity index (χ4n) is 1.99. The summed E-state index contributed by atoms with van der Waals surface area (Å²) >= 11 is 0. The molecule has 0 aromatic heterocycles. The van der Waals surface area contributed by atoms with Crippen molar-refractivity contribution in [2.45, 2.75) is 44.9 Å². The fourth-order valence-corrected chi connectivity index (χ4v) is 1.99. The van der Waals surface area contributed by atoms with Crippen molar-refractivity contribution in [3.05, 3.63) is 0 Å². The lowest BCUT2D eigenvalue weighted by atomic mass is 9.91. The Morgan fingerprint density at radius 2 is 1.69 bits per heavy atom. The summed E-state index contributed by atoms with van der Waals surface area (Å²) in [7, 11) is 0. The molecule has 13 heavy (non-hydrogen) atoms. The van der Waals surface area contributed by atoms with Gasteiger partial charge < -0.3 is 11.1 Å². The van der Waals surface area contributed by atoms with E-state index in [0.717, 1.165) is 6.54 Å². The maximum atomic E-state index is 10.5. The summed E-state index contributed by atoms with van der Waals surface area (Å²) in [5, 5.41) is 2.70. The molecule has 0 bridgehead atoms. The van der Waals surface area contributed by atoms with Gasteiger partial charge >= 0.3 is 6.03 Å². The van der Waals surface area contributed by atoms with Crippen LogP contribution in [-0.2, 0) is 0 Å². The topological polar surface area (TPSA) is 55.1 Å².